The average molecular weight is 231 g/mol. The third-order valence-electron chi connectivity index (χ3n) is 1.51. The minimum absolute atomic E-state index is 0.0503. The lowest BCUT2D eigenvalue weighted by Crippen LogP contribution is -2.21. The van der Waals surface area contributed by atoms with Crippen molar-refractivity contribution < 1.29 is 14.8 Å². The lowest BCUT2D eigenvalue weighted by Gasteiger charge is -2.05. The minimum atomic E-state index is -0.855. The Hall–Kier alpha value is -1.82. The molecule has 0 aromatic heterocycles. The second-order valence-electron chi connectivity index (χ2n) is 2.70. The summed E-state index contributed by atoms with van der Waals surface area (Å²) in [6, 6.07) is 4.01. The molecule has 0 fully saturated rings. The molecule has 80 valence electrons. The summed E-state index contributed by atoms with van der Waals surface area (Å²) in [6.07, 6.45) is 0. The van der Waals surface area contributed by atoms with Crippen molar-refractivity contribution in [1.82, 2.24) is 0 Å². The zero-order chi connectivity index (χ0) is 11.4. The first-order valence-corrected chi connectivity index (χ1v) is 4.27. The minimum Gasteiger partial charge on any atom is -0.506 e. The van der Waals surface area contributed by atoms with Gasteiger partial charge in [-0.1, -0.05) is 11.6 Å². The first kappa shape index (κ1) is 11.3. The number of phenols is 1. The zero-order valence-electron chi connectivity index (χ0n) is 7.44. The van der Waals surface area contributed by atoms with Crippen LogP contribution in [0, 0.1) is 10.1 Å². The van der Waals surface area contributed by atoms with Gasteiger partial charge in [0.05, 0.1) is 5.69 Å². The van der Waals surface area contributed by atoms with Crippen molar-refractivity contribution in [2.75, 3.05) is 11.9 Å². The zero-order valence-corrected chi connectivity index (χ0v) is 8.19. The number of hydrogen-bond acceptors (Lipinski definition) is 4. The van der Waals surface area contributed by atoms with Gasteiger partial charge in [0.2, 0.25) is 0 Å². The first-order chi connectivity index (χ1) is 6.99. The smallest absolute Gasteiger partial charge is 0.296 e. The van der Waals surface area contributed by atoms with Gasteiger partial charge in [-0.05, 0) is 18.2 Å². The van der Waals surface area contributed by atoms with Crippen LogP contribution in [-0.4, -0.2) is 22.5 Å². The molecule has 7 heteroatoms. The fraction of sp³-hybridized carbons (Fsp3) is 0.125. The van der Waals surface area contributed by atoms with Crippen molar-refractivity contribution in [1.29, 1.82) is 0 Å². The lowest BCUT2D eigenvalue weighted by atomic mass is 10.3. The van der Waals surface area contributed by atoms with Gasteiger partial charge in [-0.25, -0.2) is 0 Å². The third kappa shape index (κ3) is 3.43. The molecular weight excluding hydrogens is 224 g/mol. The Balaban J connectivity index is 2.76. The van der Waals surface area contributed by atoms with E-state index in [1.807, 2.05) is 0 Å². The number of hydrogen-bond donors (Lipinski definition) is 2. The summed E-state index contributed by atoms with van der Waals surface area (Å²) in [4.78, 5) is 20.2. The summed E-state index contributed by atoms with van der Waals surface area (Å²) in [5.74, 6) is -1.02. The van der Waals surface area contributed by atoms with Crippen LogP contribution < -0.4 is 5.32 Å². The highest BCUT2D eigenvalue weighted by molar-refractivity contribution is 6.31. The van der Waals surface area contributed by atoms with Crippen LogP contribution >= 0.6 is 11.6 Å². The third-order valence-corrected chi connectivity index (χ3v) is 1.74. The SMILES string of the molecule is O=C(C[N+](=O)[O-])Nc1cc(Cl)ccc1O. The molecular formula is C8H7ClN2O4. The molecule has 0 spiro atoms. The predicted octanol–water partition coefficient (Wildman–Crippen LogP) is 1.26. The summed E-state index contributed by atoms with van der Waals surface area (Å²) in [5.41, 5.74) is 0.0503. The maximum atomic E-state index is 11.0. The summed E-state index contributed by atoms with van der Waals surface area (Å²) in [6.45, 7) is -0.855. The van der Waals surface area contributed by atoms with E-state index in [4.69, 9.17) is 11.6 Å². The molecule has 0 atom stereocenters. The maximum absolute atomic E-state index is 11.0. The first-order valence-electron chi connectivity index (χ1n) is 3.89. The number of nitro groups is 1. The van der Waals surface area contributed by atoms with E-state index in [9.17, 15) is 20.0 Å². The van der Waals surface area contributed by atoms with Crippen LogP contribution in [0.4, 0.5) is 5.69 Å². The van der Waals surface area contributed by atoms with Crippen molar-refractivity contribution in [3.8, 4) is 5.75 Å². The normalized spacial score (nSPS) is 9.67. The molecule has 0 radical (unpaired) electrons. The molecule has 1 aromatic carbocycles. The van der Waals surface area contributed by atoms with Gasteiger partial charge in [0.15, 0.2) is 0 Å². The molecule has 6 nitrogen and oxygen atoms in total. The molecule has 0 aliphatic heterocycles. The number of halogens is 1. The number of aromatic hydroxyl groups is 1. The van der Waals surface area contributed by atoms with Crippen LogP contribution in [0.1, 0.15) is 0 Å². The number of nitrogens with zero attached hydrogens (tertiary/aromatic N) is 1. The fourth-order valence-electron chi connectivity index (χ4n) is 0.915. The van der Waals surface area contributed by atoms with Crippen LogP contribution in [0.3, 0.4) is 0 Å². The van der Waals surface area contributed by atoms with E-state index in [-0.39, 0.29) is 11.4 Å². The highest BCUT2D eigenvalue weighted by Gasteiger charge is 2.11. The quantitative estimate of drug-likeness (QED) is 0.464. The van der Waals surface area contributed by atoms with Crippen LogP contribution in [0.15, 0.2) is 18.2 Å². The molecule has 1 rings (SSSR count). The molecule has 1 aromatic rings. The molecule has 2 N–H and O–H groups in total. The number of rotatable bonds is 3. The van der Waals surface area contributed by atoms with E-state index in [1.54, 1.807) is 0 Å². The Bertz CT molecular complexity index is 408. The molecule has 0 saturated carbocycles. The van der Waals surface area contributed by atoms with Crippen molar-refractivity contribution >= 4 is 23.2 Å². The van der Waals surface area contributed by atoms with Gasteiger partial charge in [-0.2, -0.15) is 0 Å². The number of nitrogens with one attached hydrogen (secondary N) is 1. The fourth-order valence-corrected chi connectivity index (χ4v) is 1.09. The average Bonchev–Trinajstić information content (AvgIpc) is 2.10. The Morgan fingerprint density at radius 3 is 2.87 bits per heavy atom. The van der Waals surface area contributed by atoms with E-state index in [0.717, 1.165) is 0 Å². The number of benzene rings is 1. The number of carbonyl (C=O) groups is 1. The highest BCUT2D eigenvalue weighted by atomic mass is 35.5. The van der Waals surface area contributed by atoms with Gasteiger partial charge >= 0.3 is 0 Å². The van der Waals surface area contributed by atoms with Gasteiger partial charge in [0.25, 0.3) is 12.5 Å². The number of amides is 1. The maximum Gasteiger partial charge on any atom is 0.296 e. The number of carbonyl (C=O) groups excluding carboxylic acids is 1. The van der Waals surface area contributed by atoms with Gasteiger partial charge < -0.3 is 10.4 Å². The summed E-state index contributed by atoms with van der Waals surface area (Å²) in [7, 11) is 0. The van der Waals surface area contributed by atoms with Crippen LogP contribution in [0.2, 0.25) is 5.02 Å². The molecule has 0 saturated heterocycles. The highest BCUT2D eigenvalue weighted by Crippen LogP contribution is 2.26. The van der Waals surface area contributed by atoms with E-state index >= 15 is 0 Å². The Morgan fingerprint density at radius 1 is 1.60 bits per heavy atom. The van der Waals surface area contributed by atoms with E-state index in [1.165, 1.54) is 18.2 Å². The molecule has 0 unspecified atom stereocenters. The van der Waals surface area contributed by atoms with Crippen molar-refractivity contribution in [3.05, 3.63) is 33.3 Å². The Morgan fingerprint density at radius 2 is 2.27 bits per heavy atom. The standard InChI is InChI=1S/C8H7ClN2O4/c9-5-1-2-7(12)6(3-5)10-8(13)4-11(14)15/h1-3,12H,4H2,(H,10,13). The number of anilines is 1. The van der Waals surface area contributed by atoms with Gasteiger partial charge in [-0.3, -0.25) is 14.9 Å². The monoisotopic (exact) mass is 230 g/mol. The molecule has 0 aliphatic rings. The van der Waals surface area contributed by atoms with E-state index < -0.39 is 17.4 Å². The van der Waals surface area contributed by atoms with Crippen LogP contribution in [0.5, 0.6) is 5.75 Å². The molecule has 0 bridgehead atoms. The lowest BCUT2D eigenvalue weighted by molar-refractivity contribution is -0.467. The second-order valence-corrected chi connectivity index (χ2v) is 3.14. The van der Waals surface area contributed by atoms with Gasteiger partial charge in [-0.15, -0.1) is 0 Å². The van der Waals surface area contributed by atoms with Crippen molar-refractivity contribution in [2.24, 2.45) is 0 Å². The molecule has 1 amide bonds. The second kappa shape index (κ2) is 4.61. The summed E-state index contributed by atoms with van der Waals surface area (Å²) in [5, 5.41) is 21.8. The van der Waals surface area contributed by atoms with E-state index in [2.05, 4.69) is 5.32 Å². The van der Waals surface area contributed by atoms with Gasteiger partial charge in [0, 0.05) is 9.95 Å². The Kier molecular flexibility index (Phi) is 3.46. The van der Waals surface area contributed by atoms with Gasteiger partial charge in [0.1, 0.15) is 5.75 Å². The molecule has 15 heavy (non-hydrogen) atoms. The largest absolute Gasteiger partial charge is 0.506 e. The summed E-state index contributed by atoms with van der Waals surface area (Å²) >= 11 is 5.61. The van der Waals surface area contributed by atoms with Crippen molar-refractivity contribution in [2.45, 2.75) is 0 Å². The topological polar surface area (TPSA) is 92.5 Å². The Labute approximate surface area is 89.6 Å². The van der Waals surface area contributed by atoms with Crippen LogP contribution in [0.25, 0.3) is 0 Å². The van der Waals surface area contributed by atoms with Crippen LogP contribution in [-0.2, 0) is 4.79 Å². The number of phenolic OH excluding ortho intramolecular Hbond substituents is 1. The van der Waals surface area contributed by atoms with E-state index in [0.29, 0.717) is 5.02 Å². The van der Waals surface area contributed by atoms with Crippen molar-refractivity contribution in [3.63, 3.8) is 0 Å². The summed E-state index contributed by atoms with van der Waals surface area (Å²) < 4.78 is 0. The predicted molar refractivity (Wildman–Crippen MR) is 53.6 cm³/mol. The molecule has 0 heterocycles. The molecule has 0 aliphatic carbocycles.